The highest BCUT2D eigenvalue weighted by molar-refractivity contribution is 6.02. The van der Waals surface area contributed by atoms with Crippen LogP contribution in [-0.2, 0) is 6.42 Å². The summed E-state index contributed by atoms with van der Waals surface area (Å²) in [5.41, 5.74) is 3.05. The number of hydrogen-bond donors (Lipinski definition) is 3. The van der Waals surface area contributed by atoms with Crippen molar-refractivity contribution in [3.8, 4) is 62.5 Å². The molecule has 54 heavy (non-hydrogen) atoms. The van der Waals surface area contributed by atoms with Gasteiger partial charge in [0.25, 0.3) is 0 Å². The molecule has 11 nitrogen and oxygen atoms in total. The molecule has 1 aliphatic heterocycles. The number of rotatable bonds is 7. The fraction of sp³-hybridized carbons (Fsp3) is 0.209. The second-order valence-corrected chi connectivity index (χ2v) is 13.3. The lowest BCUT2D eigenvalue weighted by atomic mass is 9.93. The van der Waals surface area contributed by atoms with Crippen molar-refractivity contribution in [3.05, 3.63) is 116 Å². The molecular weight excluding hydrogens is 692 g/mol. The monoisotopic (exact) mass is 732 g/mol. The Labute approximate surface area is 310 Å². The normalized spacial score (nSPS) is 12.6. The quantitative estimate of drug-likeness (QED) is 0.106. The van der Waals surface area contributed by atoms with Crippen molar-refractivity contribution in [1.82, 2.24) is 0 Å². The molecular formula is C43H40O11. The van der Waals surface area contributed by atoms with Crippen molar-refractivity contribution < 1.29 is 43.1 Å². The minimum atomic E-state index is -0.694. The number of phenols is 2. The first-order valence-electron chi connectivity index (χ1n) is 17.0. The van der Waals surface area contributed by atoms with Gasteiger partial charge >= 0.3 is 5.63 Å². The molecule has 278 valence electrons. The van der Waals surface area contributed by atoms with Crippen LogP contribution in [0.4, 0.5) is 0 Å². The summed E-state index contributed by atoms with van der Waals surface area (Å²) in [6.07, 6.45) is 7.68. The lowest BCUT2D eigenvalue weighted by Crippen LogP contribution is -2.28. The molecule has 7 rings (SSSR count). The van der Waals surface area contributed by atoms with Crippen molar-refractivity contribution in [2.75, 3.05) is 21.3 Å². The van der Waals surface area contributed by atoms with Crippen molar-refractivity contribution in [2.24, 2.45) is 0 Å². The summed E-state index contributed by atoms with van der Waals surface area (Å²) in [4.78, 5) is 25.6. The van der Waals surface area contributed by atoms with E-state index >= 15 is 0 Å². The second kappa shape index (κ2) is 14.8. The molecule has 6 aromatic rings. The van der Waals surface area contributed by atoms with E-state index in [1.165, 1.54) is 44.7 Å². The van der Waals surface area contributed by atoms with E-state index in [0.717, 1.165) is 16.7 Å². The summed E-state index contributed by atoms with van der Waals surface area (Å²) in [7, 11) is 4.51. The van der Waals surface area contributed by atoms with Gasteiger partial charge in [-0.15, -0.1) is 0 Å². The Morgan fingerprint density at radius 3 is 2.11 bits per heavy atom. The maximum absolute atomic E-state index is 12.9. The van der Waals surface area contributed by atoms with E-state index in [9.17, 15) is 24.9 Å². The number of allylic oxidation sites excluding steroid dienone is 2. The van der Waals surface area contributed by atoms with Gasteiger partial charge < -0.3 is 43.1 Å². The predicted octanol–water partition coefficient (Wildman–Crippen LogP) is 8.76. The van der Waals surface area contributed by atoms with E-state index in [2.05, 4.69) is 6.08 Å². The van der Waals surface area contributed by atoms with Gasteiger partial charge in [0.15, 0.2) is 16.9 Å². The molecule has 0 saturated heterocycles. The first kappa shape index (κ1) is 37.1. The molecule has 0 radical (unpaired) electrons. The molecule has 0 amide bonds. The number of phenolic OH excluding ortho intramolecular Hbond substituents is 2. The van der Waals surface area contributed by atoms with Gasteiger partial charge in [-0.05, 0) is 93.8 Å². The molecule has 4 aromatic carbocycles. The van der Waals surface area contributed by atoms with E-state index in [4.69, 9.17) is 27.8 Å². The van der Waals surface area contributed by atoms with Crippen LogP contribution in [0.1, 0.15) is 38.8 Å². The molecule has 3 heterocycles. The van der Waals surface area contributed by atoms with Crippen LogP contribution in [0.15, 0.2) is 103 Å². The van der Waals surface area contributed by atoms with Crippen molar-refractivity contribution >= 4 is 28.0 Å². The van der Waals surface area contributed by atoms with E-state index in [1.807, 2.05) is 39.8 Å². The second-order valence-electron chi connectivity index (χ2n) is 13.3. The van der Waals surface area contributed by atoms with Gasteiger partial charge in [0.1, 0.15) is 51.6 Å². The highest BCUT2D eigenvalue weighted by atomic mass is 16.5. The third-order valence-corrected chi connectivity index (χ3v) is 8.94. The Balaban J connectivity index is 0.000000197. The Bertz CT molecular complexity index is 2550. The molecule has 0 aliphatic carbocycles. The van der Waals surface area contributed by atoms with Crippen LogP contribution >= 0.6 is 0 Å². The zero-order valence-corrected chi connectivity index (χ0v) is 30.9. The van der Waals surface area contributed by atoms with Gasteiger partial charge in [0, 0.05) is 5.56 Å². The van der Waals surface area contributed by atoms with Crippen LogP contribution in [0.3, 0.4) is 0 Å². The smallest absolute Gasteiger partial charge is 0.348 e. The van der Waals surface area contributed by atoms with Crippen LogP contribution in [0.2, 0.25) is 0 Å². The van der Waals surface area contributed by atoms with Crippen LogP contribution in [-0.4, -0.2) is 42.3 Å². The Hall–Kier alpha value is -6.62. The van der Waals surface area contributed by atoms with Gasteiger partial charge in [-0.25, -0.2) is 4.79 Å². The van der Waals surface area contributed by atoms with Gasteiger partial charge in [-0.1, -0.05) is 35.9 Å². The van der Waals surface area contributed by atoms with E-state index in [0.29, 0.717) is 51.1 Å². The van der Waals surface area contributed by atoms with Gasteiger partial charge in [-0.3, -0.25) is 4.79 Å². The highest BCUT2D eigenvalue weighted by Gasteiger charge is 2.32. The summed E-state index contributed by atoms with van der Waals surface area (Å²) in [6, 6.07) is 16.0. The zero-order valence-electron chi connectivity index (χ0n) is 30.9. The summed E-state index contributed by atoms with van der Waals surface area (Å²) in [5, 5.41) is 31.3. The molecule has 0 saturated carbocycles. The topological polar surface area (TPSA) is 158 Å². The lowest BCUT2D eigenvalue weighted by molar-refractivity contribution is 0.157. The average Bonchev–Trinajstić information content (AvgIpc) is 3.14. The standard InChI is InChI=1S/C26H26O6.C17H14O5/c1-14(2)6-11-17-22-18(12-13-26(3,4)32-22)24-20(23(17)30-5)21(28)19(25(29)31-24)15-7-9-16(27)10-8-15;1-20-11-5-3-10(4-6-11)13-9-22-16-12(15(13)19)7-8-14(18)17(16)21-2/h6-10,12-13,27-28H,11H2,1-5H3;3-9,18H,1-2H3. The Morgan fingerprint density at radius 2 is 1.48 bits per heavy atom. The van der Waals surface area contributed by atoms with Gasteiger partial charge in [-0.2, -0.15) is 0 Å². The first-order valence-corrected chi connectivity index (χ1v) is 17.0. The number of benzene rings is 4. The fourth-order valence-corrected chi connectivity index (χ4v) is 6.22. The third kappa shape index (κ3) is 6.95. The molecule has 0 spiro atoms. The maximum atomic E-state index is 12.9. The summed E-state index contributed by atoms with van der Waals surface area (Å²) in [6.45, 7) is 7.89. The highest BCUT2D eigenvalue weighted by Crippen LogP contribution is 2.49. The molecule has 0 atom stereocenters. The van der Waals surface area contributed by atoms with E-state index in [1.54, 1.807) is 43.5 Å². The van der Waals surface area contributed by atoms with Crippen LogP contribution in [0, 0.1) is 0 Å². The lowest BCUT2D eigenvalue weighted by Gasteiger charge is -2.31. The van der Waals surface area contributed by atoms with E-state index < -0.39 is 11.2 Å². The zero-order chi connectivity index (χ0) is 38.9. The van der Waals surface area contributed by atoms with Gasteiger partial charge in [0.05, 0.1) is 37.8 Å². The number of aromatic hydroxyl groups is 3. The molecule has 0 fully saturated rings. The minimum absolute atomic E-state index is 0.00458. The van der Waals surface area contributed by atoms with Crippen LogP contribution in [0.5, 0.6) is 40.2 Å². The molecule has 0 unspecified atom stereocenters. The largest absolute Gasteiger partial charge is 0.508 e. The molecule has 11 heteroatoms. The summed E-state index contributed by atoms with van der Waals surface area (Å²) >= 11 is 0. The van der Waals surface area contributed by atoms with E-state index in [-0.39, 0.29) is 45.2 Å². The van der Waals surface area contributed by atoms with Crippen molar-refractivity contribution in [3.63, 3.8) is 0 Å². The van der Waals surface area contributed by atoms with Crippen molar-refractivity contribution in [2.45, 2.75) is 39.7 Å². The Kier molecular flexibility index (Phi) is 10.2. The number of hydrogen-bond acceptors (Lipinski definition) is 11. The molecule has 0 bridgehead atoms. The predicted molar refractivity (Wildman–Crippen MR) is 207 cm³/mol. The van der Waals surface area contributed by atoms with Crippen molar-refractivity contribution in [1.29, 1.82) is 0 Å². The SMILES string of the molecule is COc1c(CC=C(C)C)c2c(c3oc(=O)c(-c4ccc(O)cc4)c(O)c13)C=CC(C)(C)O2.COc1ccc(-c2coc3c(OC)c(O)ccc3c2=O)cc1. The molecule has 2 aromatic heterocycles. The molecule has 3 N–H and O–H groups in total. The Morgan fingerprint density at radius 1 is 0.815 bits per heavy atom. The number of ether oxygens (including phenoxy) is 4. The van der Waals surface area contributed by atoms with Gasteiger partial charge in [0.2, 0.25) is 11.2 Å². The number of fused-ring (bicyclic) bond motifs is 4. The number of methoxy groups -OCH3 is 3. The summed E-state index contributed by atoms with van der Waals surface area (Å²) < 4.78 is 33.5. The third-order valence-electron chi connectivity index (χ3n) is 8.94. The first-order chi connectivity index (χ1) is 25.8. The van der Waals surface area contributed by atoms with Crippen LogP contribution < -0.4 is 30.0 Å². The minimum Gasteiger partial charge on any atom is -0.508 e. The maximum Gasteiger partial charge on any atom is 0.348 e. The average molecular weight is 733 g/mol. The molecule has 1 aliphatic rings. The summed E-state index contributed by atoms with van der Waals surface area (Å²) in [5.74, 6) is 1.56. The van der Waals surface area contributed by atoms with Crippen LogP contribution in [0.25, 0.3) is 50.3 Å². The fourth-order valence-electron chi connectivity index (χ4n) is 6.22.